The van der Waals surface area contributed by atoms with Crippen LogP contribution in [0.3, 0.4) is 0 Å². The Hall–Kier alpha value is -10.4. The molecule has 0 aliphatic heterocycles. The monoisotopic (exact) mass is 1570 g/mol. The highest BCUT2D eigenvalue weighted by atomic mass is 28.3. The topological polar surface area (TPSA) is 290 Å². The van der Waals surface area contributed by atoms with Gasteiger partial charge in [-0.05, 0) is 120 Å². The van der Waals surface area contributed by atoms with Crippen LogP contribution in [0.25, 0.3) is 67.5 Å². The Morgan fingerprint density at radius 2 is 0.807 bits per heavy atom. The lowest BCUT2D eigenvalue weighted by Gasteiger charge is -2.15. The van der Waals surface area contributed by atoms with Crippen molar-refractivity contribution in [3.63, 3.8) is 0 Å². The summed E-state index contributed by atoms with van der Waals surface area (Å²) in [6.45, 7) is 32.3. The fraction of sp³-hybridized carbons (Fsp3) is 0.417. The molecule has 1 N–H and O–H groups in total. The number of aromatic amines is 1. The summed E-state index contributed by atoms with van der Waals surface area (Å²) in [4.78, 5) is 72.1. The number of carbonyl (C=O) groups excluding carboxylic acids is 6. The van der Waals surface area contributed by atoms with E-state index in [1.54, 1.807) is 60.1 Å². The van der Waals surface area contributed by atoms with Crippen molar-refractivity contribution in [2.75, 3.05) is 33.0 Å². The molecular weight excluding hydrogens is 1490 g/mol. The van der Waals surface area contributed by atoms with Crippen molar-refractivity contribution in [3.8, 4) is 85.2 Å². The van der Waals surface area contributed by atoms with Gasteiger partial charge in [-0.2, -0.15) is 73.4 Å². The summed E-state index contributed by atoms with van der Waals surface area (Å²) in [6, 6.07) is 19.6. The van der Waals surface area contributed by atoms with Crippen LogP contribution in [-0.2, 0) is 70.2 Å². The molecule has 0 amide bonds. The SMILES string of the molecule is Cc1cc(OCC(C)C)ncc1-c1ccc(-c2n[nH]c(C(F)(F)F)n2)c(F)c1.Cc1cc(OCC(C)C)ncc1-c1ccc(-c2nc(C(F)(F)F)n(COCC[Si](C)(C)C)n2)c(F)c1.Cc1cc(OCC(C)C)ncc1-c1ccc(-c2nc(C(F)(F)F)nn2COCC[Si](C)(C)C)c(F)c1.O=C=O.O=C=O.O=C=O. The van der Waals surface area contributed by atoms with Crippen molar-refractivity contribution in [2.45, 2.75) is 146 Å². The van der Waals surface area contributed by atoms with Crippen molar-refractivity contribution in [1.82, 2.24) is 59.7 Å². The Kier molecular flexibility index (Phi) is 34.4. The van der Waals surface area contributed by atoms with Crippen LogP contribution in [0.5, 0.6) is 17.6 Å². The third-order valence-corrected chi connectivity index (χ3v) is 17.9. The Balaban J connectivity index is 0.000000329. The second-order valence-electron chi connectivity index (χ2n) is 27.7. The molecular formula is C72H82F12N12O11Si2. The number of rotatable bonds is 25. The normalized spacial score (nSPS) is 11.5. The second-order valence-corrected chi connectivity index (χ2v) is 38.9. The number of H-pyrrole nitrogens is 1. The molecule has 9 rings (SSSR count). The Morgan fingerprint density at radius 3 is 1.12 bits per heavy atom. The summed E-state index contributed by atoms with van der Waals surface area (Å²) in [5, 5.41) is 12.7. The zero-order valence-corrected chi connectivity index (χ0v) is 64.2. The van der Waals surface area contributed by atoms with Gasteiger partial charge in [-0.3, -0.25) is 5.10 Å². The number of alkyl halides is 9. The number of halogens is 12. The van der Waals surface area contributed by atoms with Crippen LogP contribution in [0.2, 0.25) is 51.4 Å². The minimum Gasteiger partial charge on any atom is -0.477 e. The van der Waals surface area contributed by atoms with Crippen LogP contribution >= 0.6 is 0 Å². The van der Waals surface area contributed by atoms with E-state index >= 15 is 8.78 Å². The summed E-state index contributed by atoms with van der Waals surface area (Å²) >= 11 is 0. The van der Waals surface area contributed by atoms with Gasteiger partial charge in [0.1, 0.15) is 30.9 Å². The first kappa shape index (κ1) is 91.0. The molecule has 0 unspecified atom stereocenters. The van der Waals surface area contributed by atoms with E-state index in [0.717, 1.165) is 33.5 Å². The van der Waals surface area contributed by atoms with Gasteiger partial charge in [-0.15, -0.1) is 10.2 Å². The van der Waals surface area contributed by atoms with Crippen LogP contribution in [-0.4, -0.2) is 127 Å². The number of aromatic nitrogens is 12. The number of benzene rings is 3. The molecule has 0 bridgehead atoms. The number of nitrogens with zero attached hydrogens (tertiary/aromatic N) is 11. The van der Waals surface area contributed by atoms with E-state index in [1.165, 1.54) is 36.4 Å². The Labute approximate surface area is 621 Å². The van der Waals surface area contributed by atoms with Gasteiger partial charge in [0.15, 0.2) is 17.5 Å². The van der Waals surface area contributed by atoms with Crippen molar-refractivity contribution >= 4 is 34.6 Å². The van der Waals surface area contributed by atoms with Gasteiger partial charge in [-0.1, -0.05) is 99.0 Å². The van der Waals surface area contributed by atoms with E-state index in [4.69, 9.17) is 52.5 Å². The van der Waals surface area contributed by atoms with Gasteiger partial charge in [0.25, 0.3) is 5.82 Å². The fourth-order valence-corrected chi connectivity index (χ4v) is 10.7. The first-order valence-corrected chi connectivity index (χ1v) is 40.7. The lowest BCUT2D eigenvalue weighted by atomic mass is 10.0. The minimum absolute atomic E-state index is 0.0990. The third-order valence-electron chi connectivity index (χ3n) is 14.5. The van der Waals surface area contributed by atoms with Crippen molar-refractivity contribution in [2.24, 2.45) is 17.8 Å². The largest absolute Gasteiger partial charge is 0.477 e. The molecule has 6 aromatic heterocycles. The smallest absolute Gasteiger partial charge is 0.453 e. The van der Waals surface area contributed by atoms with Gasteiger partial charge in [0.2, 0.25) is 29.3 Å². The number of nitrogens with one attached hydrogen (secondary N) is 1. The molecule has 0 saturated carbocycles. The minimum atomic E-state index is -4.77. The van der Waals surface area contributed by atoms with Gasteiger partial charge in [0, 0.05) is 82.8 Å². The summed E-state index contributed by atoms with van der Waals surface area (Å²) in [5.41, 5.74) is 5.78. The van der Waals surface area contributed by atoms with Crippen molar-refractivity contribution in [3.05, 3.63) is 143 Å². The summed E-state index contributed by atoms with van der Waals surface area (Å²) in [7, 11) is -2.79. The van der Waals surface area contributed by atoms with Crippen LogP contribution in [0.4, 0.5) is 52.7 Å². The predicted molar refractivity (Wildman–Crippen MR) is 376 cm³/mol. The maximum absolute atomic E-state index is 15.2. The average molecular weight is 1580 g/mol. The van der Waals surface area contributed by atoms with Crippen molar-refractivity contribution in [1.29, 1.82) is 0 Å². The molecule has 23 nitrogen and oxygen atoms in total. The zero-order chi connectivity index (χ0) is 81.9. The highest BCUT2D eigenvalue weighted by Gasteiger charge is 2.40. The van der Waals surface area contributed by atoms with Crippen LogP contribution < -0.4 is 14.2 Å². The quantitative estimate of drug-likeness (QED) is 0.0316. The van der Waals surface area contributed by atoms with Crippen LogP contribution in [0.1, 0.15) is 75.7 Å². The van der Waals surface area contributed by atoms with E-state index in [1.807, 2.05) is 62.3 Å². The number of ether oxygens (including phenoxy) is 5. The van der Waals surface area contributed by atoms with Gasteiger partial charge in [-0.25, -0.2) is 52.4 Å². The molecule has 3 aromatic carbocycles. The number of hydrogen-bond acceptors (Lipinski definition) is 20. The predicted octanol–water partition coefficient (Wildman–Crippen LogP) is 16.9. The number of hydrogen-bond donors (Lipinski definition) is 1. The number of aryl methyl sites for hydroxylation is 3. The van der Waals surface area contributed by atoms with Gasteiger partial charge < -0.3 is 23.7 Å². The molecule has 0 aliphatic rings. The zero-order valence-electron chi connectivity index (χ0n) is 62.2. The molecule has 0 spiro atoms. The molecule has 0 aliphatic carbocycles. The molecule has 0 radical (unpaired) electrons. The van der Waals surface area contributed by atoms with E-state index in [-0.39, 0.29) is 59.3 Å². The van der Waals surface area contributed by atoms with Gasteiger partial charge >= 0.3 is 37.0 Å². The Morgan fingerprint density at radius 1 is 0.450 bits per heavy atom. The van der Waals surface area contributed by atoms with E-state index < -0.39 is 76.3 Å². The molecule has 588 valence electrons. The maximum atomic E-state index is 15.2. The molecule has 6 heterocycles. The standard InChI is InChI=1S/2C25H32F4N4O2Si.C19H18F4N4O.3CO2/c1-16(2)14-35-22-11-17(3)20(13-30-22)18-7-8-19(21(26)12-18)23-31-24(25(27,28)29)32-33(23)15-34-9-10-36(4,5)6;1-16(2)14-35-22-11-17(3)20(13-30-22)18-7-8-19(21(26)12-18)23-31-24(25(27,28)29)33(32-23)15-34-9-10-36(4,5)6;1-10(2)9-28-16-6-11(3)14(8-24-16)12-4-5-13(15(20)7-12)17-25-18(27-26-17)19(21,22)23;3*2-1-3/h2*7-8,11-13,16H,9-10,14-15H2,1-6H3;4-8,10H,9H2,1-3H3,(H,25,26,27);;;. The Bertz CT molecular complexity index is 4510. The molecule has 0 fully saturated rings. The summed E-state index contributed by atoms with van der Waals surface area (Å²) in [5.74, 6) is -4.52. The lowest BCUT2D eigenvalue weighted by molar-refractivity contribution is -0.193. The van der Waals surface area contributed by atoms with Crippen LogP contribution in [0, 0.1) is 56.0 Å². The molecule has 109 heavy (non-hydrogen) atoms. The lowest BCUT2D eigenvalue weighted by Crippen LogP contribution is -2.23. The molecule has 37 heteroatoms. The van der Waals surface area contributed by atoms with E-state index in [9.17, 15) is 43.9 Å². The summed E-state index contributed by atoms with van der Waals surface area (Å²) < 4.78 is 193. The first-order valence-electron chi connectivity index (χ1n) is 33.2. The summed E-state index contributed by atoms with van der Waals surface area (Å²) in [6.07, 6.45) is -8.69. The van der Waals surface area contributed by atoms with Gasteiger partial charge in [0.05, 0.1) is 36.5 Å². The van der Waals surface area contributed by atoms with Crippen LogP contribution in [0.15, 0.2) is 91.4 Å². The third kappa shape index (κ3) is 29.6. The molecule has 9 aromatic rings. The number of pyridine rings is 3. The maximum Gasteiger partial charge on any atom is 0.453 e. The second kappa shape index (κ2) is 41.2. The fourth-order valence-electron chi connectivity index (χ4n) is 9.16. The van der Waals surface area contributed by atoms with Crippen molar-refractivity contribution < 1.29 is 105 Å². The van der Waals surface area contributed by atoms with E-state index in [2.05, 4.69) is 84.5 Å². The highest BCUT2D eigenvalue weighted by molar-refractivity contribution is 6.76. The highest BCUT2D eigenvalue weighted by Crippen LogP contribution is 2.37. The molecule has 0 atom stereocenters. The first-order chi connectivity index (χ1) is 50.9. The average Bonchev–Trinajstić information content (AvgIpc) is 1.71. The van der Waals surface area contributed by atoms with E-state index in [0.29, 0.717) is 106 Å². The molecule has 0 saturated heterocycles.